The predicted octanol–water partition coefficient (Wildman–Crippen LogP) is 5.15. The molecule has 2 amide bonds. The minimum Gasteiger partial charge on any atom is -0.314 e. The van der Waals surface area contributed by atoms with Crippen LogP contribution in [-0.2, 0) is 6.54 Å². The van der Waals surface area contributed by atoms with Gasteiger partial charge in [-0.3, -0.25) is 5.32 Å². The van der Waals surface area contributed by atoms with Gasteiger partial charge in [-0.15, -0.1) is 10.2 Å². The summed E-state index contributed by atoms with van der Waals surface area (Å²) in [5.41, 5.74) is 2.82. The topological polar surface area (TPSA) is 80.9 Å². The van der Waals surface area contributed by atoms with Crippen molar-refractivity contribution in [3.63, 3.8) is 0 Å². The first-order valence-electron chi connectivity index (χ1n) is 11.3. The Morgan fingerprint density at radius 1 is 1.09 bits per heavy atom. The minimum atomic E-state index is -0.168. The Bertz CT molecular complexity index is 1300. The molecule has 2 aromatic heterocycles. The monoisotopic (exact) mass is 475 g/mol. The van der Waals surface area contributed by atoms with E-state index in [1.807, 2.05) is 79.4 Å². The zero-order valence-electron chi connectivity index (χ0n) is 19.1. The van der Waals surface area contributed by atoms with Crippen LogP contribution in [0.15, 0.2) is 60.7 Å². The number of aromatic nitrogens is 5. The van der Waals surface area contributed by atoms with E-state index in [2.05, 4.69) is 25.2 Å². The molecule has 8 nitrogen and oxygen atoms in total. The molecule has 1 aliphatic rings. The van der Waals surface area contributed by atoms with Gasteiger partial charge in [0.25, 0.3) is 0 Å². The highest BCUT2D eigenvalue weighted by molar-refractivity contribution is 6.30. The number of hydrogen-bond donors (Lipinski definition) is 1. The van der Waals surface area contributed by atoms with E-state index < -0.39 is 0 Å². The van der Waals surface area contributed by atoms with E-state index in [1.165, 1.54) is 0 Å². The molecule has 1 fully saturated rings. The number of nitrogens with one attached hydrogen (secondary N) is 1. The normalized spacial score (nSPS) is 15.6. The third-order valence-electron chi connectivity index (χ3n) is 6.10. The molecule has 0 bridgehead atoms. The molecule has 0 spiro atoms. The predicted molar refractivity (Wildman–Crippen MR) is 131 cm³/mol. The summed E-state index contributed by atoms with van der Waals surface area (Å²) in [5, 5.41) is 17.1. The lowest BCUT2D eigenvalue weighted by Crippen LogP contribution is -2.36. The number of aryl methyl sites for hydroxylation is 2. The van der Waals surface area contributed by atoms with Crippen molar-refractivity contribution in [3.05, 3.63) is 88.6 Å². The van der Waals surface area contributed by atoms with Gasteiger partial charge in [0.1, 0.15) is 11.6 Å². The Kier molecular flexibility index (Phi) is 6.06. The fourth-order valence-electron chi connectivity index (χ4n) is 4.43. The molecule has 1 N–H and O–H groups in total. The highest BCUT2D eigenvalue weighted by Crippen LogP contribution is 2.32. The number of likely N-dealkylation sites (tertiary alicyclic amines) is 1. The summed E-state index contributed by atoms with van der Waals surface area (Å²) in [5.74, 6) is 2.25. The average Bonchev–Trinajstić information content (AvgIpc) is 3.55. The van der Waals surface area contributed by atoms with Crippen LogP contribution in [0, 0.1) is 13.8 Å². The first-order chi connectivity index (χ1) is 16.5. The number of nitrogens with zero attached hydrogens (tertiary/aromatic N) is 6. The smallest absolute Gasteiger partial charge is 0.314 e. The second-order valence-electron chi connectivity index (χ2n) is 8.52. The Labute approximate surface area is 203 Å². The molecule has 4 aromatic rings. The first-order valence-corrected chi connectivity index (χ1v) is 11.7. The van der Waals surface area contributed by atoms with Gasteiger partial charge in [0.15, 0.2) is 5.82 Å². The molecule has 1 saturated heterocycles. The van der Waals surface area contributed by atoms with Crippen molar-refractivity contribution in [1.29, 1.82) is 0 Å². The van der Waals surface area contributed by atoms with Crippen LogP contribution < -0.4 is 5.32 Å². The number of amides is 2. The molecule has 0 unspecified atom stereocenters. The maximum Gasteiger partial charge on any atom is 0.323 e. The second-order valence-corrected chi connectivity index (χ2v) is 8.95. The zero-order valence-corrected chi connectivity index (χ0v) is 19.9. The Morgan fingerprint density at radius 2 is 1.85 bits per heavy atom. The third-order valence-corrected chi connectivity index (χ3v) is 6.35. The van der Waals surface area contributed by atoms with Crippen LogP contribution in [0.5, 0.6) is 0 Å². The fraction of sp³-hybridized carbons (Fsp3) is 0.280. The van der Waals surface area contributed by atoms with E-state index in [1.54, 1.807) is 4.68 Å². The number of anilines is 1. The number of para-hydroxylation sites is 1. The van der Waals surface area contributed by atoms with Crippen LogP contribution in [0.1, 0.15) is 41.8 Å². The van der Waals surface area contributed by atoms with Crippen LogP contribution in [-0.4, -0.2) is 42.0 Å². The lowest BCUT2D eigenvalue weighted by molar-refractivity contribution is 0.203. The molecule has 34 heavy (non-hydrogen) atoms. The van der Waals surface area contributed by atoms with Gasteiger partial charge in [0.05, 0.1) is 24.0 Å². The van der Waals surface area contributed by atoms with E-state index in [0.29, 0.717) is 23.9 Å². The van der Waals surface area contributed by atoms with Crippen LogP contribution in [0.4, 0.5) is 10.6 Å². The number of hydrogen-bond acceptors (Lipinski definition) is 4. The van der Waals surface area contributed by atoms with Crippen molar-refractivity contribution in [2.24, 2.45) is 0 Å². The molecule has 9 heteroatoms. The van der Waals surface area contributed by atoms with Gasteiger partial charge < -0.3 is 9.47 Å². The summed E-state index contributed by atoms with van der Waals surface area (Å²) in [6.07, 6.45) is 1.74. The van der Waals surface area contributed by atoms with E-state index in [4.69, 9.17) is 11.6 Å². The molecule has 0 radical (unpaired) electrons. The van der Waals surface area contributed by atoms with Crippen molar-refractivity contribution in [1.82, 2.24) is 29.4 Å². The van der Waals surface area contributed by atoms with Crippen molar-refractivity contribution in [2.75, 3.05) is 11.9 Å². The molecular weight excluding hydrogens is 450 g/mol. The summed E-state index contributed by atoms with van der Waals surface area (Å²) in [6, 6.07) is 19.1. The summed E-state index contributed by atoms with van der Waals surface area (Å²) < 4.78 is 3.84. The van der Waals surface area contributed by atoms with Crippen molar-refractivity contribution in [3.8, 4) is 5.69 Å². The van der Waals surface area contributed by atoms with Crippen molar-refractivity contribution < 1.29 is 4.79 Å². The van der Waals surface area contributed by atoms with Crippen molar-refractivity contribution in [2.45, 2.75) is 39.3 Å². The Morgan fingerprint density at radius 3 is 2.62 bits per heavy atom. The van der Waals surface area contributed by atoms with E-state index in [9.17, 15) is 4.79 Å². The van der Waals surface area contributed by atoms with E-state index in [0.717, 1.165) is 41.4 Å². The first kappa shape index (κ1) is 22.2. The number of urea groups is 1. The highest BCUT2D eigenvalue weighted by atomic mass is 35.5. The lowest BCUT2D eigenvalue weighted by atomic mass is 10.2. The lowest BCUT2D eigenvalue weighted by Gasteiger charge is -2.25. The van der Waals surface area contributed by atoms with Gasteiger partial charge in [0.2, 0.25) is 0 Å². The maximum absolute atomic E-state index is 13.4. The molecule has 3 heterocycles. The molecule has 1 atom stereocenters. The molecular formula is C25H26ClN7O. The SMILES string of the molecule is Cc1cc(NC(=O)N2CCC[C@@H]2c2nnc(C)n2Cc2ccc(Cl)cc2)n(-c2ccccc2)n1. The molecule has 0 aliphatic carbocycles. The highest BCUT2D eigenvalue weighted by Gasteiger charge is 2.34. The molecule has 174 valence electrons. The van der Waals surface area contributed by atoms with Crippen LogP contribution in [0.3, 0.4) is 0 Å². The van der Waals surface area contributed by atoms with Crippen molar-refractivity contribution >= 4 is 23.4 Å². The van der Waals surface area contributed by atoms with Gasteiger partial charge in [-0.1, -0.05) is 41.9 Å². The van der Waals surface area contributed by atoms with Crippen LogP contribution >= 0.6 is 11.6 Å². The van der Waals surface area contributed by atoms with Gasteiger partial charge in [-0.05, 0) is 56.5 Å². The van der Waals surface area contributed by atoms with Gasteiger partial charge in [0, 0.05) is 17.6 Å². The van der Waals surface area contributed by atoms with E-state index in [-0.39, 0.29) is 12.1 Å². The van der Waals surface area contributed by atoms with Crippen LogP contribution in [0.25, 0.3) is 5.69 Å². The number of benzene rings is 2. The standard InChI is InChI=1S/C25H26ClN7O/c1-17-15-23(33(30-17)21-7-4-3-5-8-21)27-25(34)31-14-6-9-22(31)24-29-28-18(2)32(24)16-19-10-12-20(26)13-11-19/h3-5,7-8,10-13,15,22H,6,9,14,16H2,1-2H3,(H,27,34)/t22-/m1/s1. The third kappa shape index (κ3) is 4.41. The Hall–Kier alpha value is -3.65. The second kappa shape index (κ2) is 9.30. The zero-order chi connectivity index (χ0) is 23.7. The number of halogens is 1. The average molecular weight is 476 g/mol. The minimum absolute atomic E-state index is 0.150. The largest absolute Gasteiger partial charge is 0.323 e. The quantitative estimate of drug-likeness (QED) is 0.432. The van der Waals surface area contributed by atoms with Gasteiger partial charge in [-0.25, -0.2) is 9.48 Å². The molecule has 5 rings (SSSR count). The fourth-order valence-corrected chi connectivity index (χ4v) is 4.55. The molecule has 2 aromatic carbocycles. The number of rotatable bonds is 5. The maximum atomic E-state index is 13.4. The number of carbonyl (C=O) groups is 1. The van der Waals surface area contributed by atoms with Gasteiger partial charge in [-0.2, -0.15) is 5.10 Å². The number of carbonyl (C=O) groups excluding carboxylic acids is 1. The molecule has 1 aliphatic heterocycles. The summed E-state index contributed by atoms with van der Waals surface area (Å²) in [7, 11) is 0. The Balaban J connectivity index is 1.39. The van der Waals surface area contributed by atoms with E-state index >= 15 is 0 Å². The summed E-state index contributed by atoms with van der Waals surface area (Å²) in [4.78, 5) is 15.3. The molecule has 0 saturated carbocycles. The van der Waals surface area contributed by atoms with Crippen LogP contribution in [0.2, 0.25) is 5.02 Å². The van der Waals surface area contributed by atoms with Gasteiger partial charge >= 0.3 is 6.03 Å². The summed E-state index contributed by atoms with van der Waals surface area (Å²) in [6.45, 7) is 5.13. The summed E-state index contributed by atoms with van der Waals surface area (Å²) >= 11 is 6.04.